The van der Waals surface area contributed by atoms with E-state index in [1.807, 2.05) is 0 Å². The molecule has 17 nitrogen and oxygen atoms in total. The number of unbranched alkanes of at least 4 members (excludes halogenated alkanes) is 36. The van der Waals surface area contributed by atoms with Crippen molar-refractivity contribution in [3.63, 3.8) is 0 Å². The summed E-state index contributed by atoms with van der Waals surface area (Å²) in [5, 5.41) is 10.6. The average molecular weight is 1380 g/mol. The van der Waals surface area contributed by atoms with Gasteiger partial charge in [-0.2, -0.15) is 0 Å². The maximum atomic E-state index is 13.1. The van der Waals surface area contributed by atoms with Crippen LogP contribution >= 0.6 is 15.6 Å². The fourth-order valence-corrected chi connectivity index (χ4v) is 12.9. The summed E-state index contributed by atoms with van der Waals surface area (Å²) in [6.07, 6.45) is 48.5. The van der Waals surface area contributed by atoms with Crippen LogP contribution in [-0.4, -0.2) is 96.7 Å². The smallest absolute Gasteiger partial charge is 0.462 e. The summed E-state index contributed by atoms with van der Waals surface area (Å²) in [7, 11) is -9.91. The average Bonchev–Trinajstić information content (AvgIpc) is 1.25. The minimum absolute atomic E-state index is 0.104. The fraction of sp³-hybridized carbons (Fsp3) is 0.947. The van der Waals surface area contributed by atoms with Gasteiger partial charge >= 0.3 is 39.5 Å². The lowest BCUT2D eigenvalue weighted by atomic mass is 9.99. The third-order valence-electron chi connectivity index (χ3n) is 18.0. The molecule has 0 radical (unpaired) electrons. The highest BCUT2D eigenvalue weighted by Crippen LogP contribution is 2.45. The van der Waals surface area contributed by atoms with Gasteiger partial charge in [-0.1, -0.05) is 325 Å². The third kappa shape index (κ3) is 66.0. The number of aliphatic hydroxyl groups excluding tert-OH is 1. The SMILES string of the molecule is CCC(C)CCCCCCCCCCCCCCCCC(=O)OC[C@H](COP(=O)(O)OCC(O)COP(=O)(O)OC[C@@H](COC(=O)CCCCCCCCCC(C)C)OC(=O)CCCCCCCCCCCC(C)C)OC(=O)CCCCCCCCCCCCC(C)CC. The molecule has 0 aromatic carbocycles. The Bertz CT molecular complexity index is 1850. The Kier molecular flexibility index (Phi) is 63.1. The van der Waals surface area contributed by atoms with E-state index >= 15 is 0 Å². The van der Waals surface area contributed by atoms with E-state index in [-0.39, 0.29) is 25.7 Å². The Morgan fingerprint density at radius 1 is 0.298 bits per heavy atom. The van der Waals surface area contributed by atoms with E-state index in [4.69, 9.17) is 37.0 Å². The minimum atomic E-state index is -4.96. The quantitative estimate of drug-likeness (QED) is 0.0222. The Hall–Kier alpha value is -1.94. The largest absolute Gasteiger partial charge is 0.472 e. The molecule has 0 aliphatic carbocycles. The van der Waals surface area contributed by atoms with Crippen LogP contribution in [0.1, 0.15) is 376 Å². The Labute approximate surface area is 575 Å². The van der Waals surface area contributed by atoms with Gasteiger partial charge in [-0.05, 0) is 49.4 Å². The van der Waals surface area contributed by atoms with Crippen LogP contribution < -0.4 is 0 Å². The highest BCUT2D eigenvalue weighted by molar-refractivity contribution is 7.47. The number of carbonyl (C=O) groups is 4. The van der Waals surface area contributed by atoms with Crippen LogP contribution in [0.15, 0.2) is 0 Å². The second kappa shape index (κ2) is 64.4. The first-order valence-corrected chi connectivity index (χ1v) is 41.8. The van der Waals surface area contributed by atoms with Gasteiger partial charge < -0.3 is 33.8 Å². The number of hydrogen-bond donors (Lipinski definition) is 3. The molecule has 0 spiro atoms. The molecule has 94 heavy (non-hydrogen) atoms. The van der Waals surface area contributed by atoms with Gasteiger partial charge in [0.05, 0.1) is 26.4 Å². The van der Waals surface area contributed by atoms with Crippen LogP contribution in [0.4, 0.5) is 0 Å². The molecular formula is C75H146O17P2. The van der Waals surface area contributed by atoms with Crippen molar-refractivity contribution in [3.8, 4) is 0 Å². The van der Waals surface area contributed by atoms with E-state index < -0.39 is 97.5 Å². The number of rotatable bonds is 72. The summed E-state index contributed by atoms with van der Waals surface area (Å²) < 4.78 is 68.5. The Balaban J connectivity index is 5.24. The van der Waals surface area contributed by atoms with Crippen molar-refractivity contribution in [2.45, 2.75) is 395 Å². The predicted molar refractivity (Wildman–Crippen MR) is 381 cm³/mol. The van der Waals surface area contributed by atoms with Crippen LogP contribution in [0.3, 0.4) is 0 Å². The van der Waals surface area contributed by atoms with Gasteiger partial charge in [0, 0.05) is 25.7 Å². The molecule has 0 saturated heterocycles. The van der Waals surface area contributed by atoms with Crippen LogP contribution in [0.5, 0.6) is 0 Å². The monoisotopic (exact) mass is 1380 g/mol. The standard InChI is InChI=1S/C75H146O17P2/c1-9-67(7)53-45-37-29-21-15-13-11-12-14-16-23-31-39-47-55-72(77)85-61-70(91-74(79)57-49-41-32-24-18-17-22-30-38-46-54-68(8)10-2)63-89-93(81,82)87-59-69(76)60-88-94(83,84)90-64-71(62-86-73(78)56-48-40-34-26-28-36-44-52-66(5)6)92-75(80)58-50-42-33-25-19-20-27-35-43-51-65(3)4/h65-71,76H,9-64H2,1-8H3,(H,81,82)(H,83,84)/t67?,68?,69?,70-,71-/m1/s1. The molecular weight excluding hydrogens is 1230 g/mol. The molecule has 0 rings (SSSR count). The molecule has 3 N–H and O–H groups in total. The predicted octanol–water partition coefficient (Wildman–Crippen LogP) is 21.7. The lowest BCUT2D eigenvalue weighted by Gasteiger charge is -2.21. The lowest BCUT2D eigenvalue weighted by molar-refractivity contribution is -0.161. The zero-order chi connectivity index (χ0) is 69.6. The molecule has 558 valence electrons. The van der Waals surface area contributed by atoms with Gasteiger partial charge in [0.25, 0.3) is 0 Å². The summed E-state index contributed by atoms with van der Waals surface area (Å²) in [5.74, 6) is 0.971. The Morgan fingerprint density at radius 3 is 0.755 bits per heavy atom. The van der Waals surface area contributed by atoms with Crippen molar-refractivity contribution in [1.29, 1.82) is 0 Å². The number of phosphoric acid groups is 2. The molecule has 5 unspecified atom stereocenters. The van der Waals surface area contributed by atoms with E-state index in [1.165, 1.54) is 173 Å². The normalized spacial score (nSPS) is 14.7. The van der Waals surface area contributed by atoms with E-state index in [0.717, 1.165) is 114 Å². The first-order valence-electron chi connectivity index (χ1n) is 38.8. The lowest BCUT2D eigenvalue weighted by Crippen LogP contribution is -2.30. The maximum absolute atomic E-state index is 13.1. The first kappa shape index (κ1) is 92.1. The number of hydrogen-bond acceptors (Lipinski definition) is 15. The van der Waals surface area contributed by atoms with E-state index in [1.54, 1.807) is 0 Å². The first-order chi connectivity index (χ1) is 45.2. The van der Waals surface area contributed by atoms with Crippen LogP contribution in [0.25, 0.3) is 0 Å². The summed E-state index contributed by atoms with van der Waals surface area (Å²) in [6, 6.07) is 0. The van der Waals surface area contributed by atoms with E-state index in [0.29, 0.717) is 31.6 Å². The van der Waals surface area contributed by atoms with Crippen molar-refractivity contribution in [3.05, 3.63) is 0 Å². The molecule has 0 fully saturated rings. The van der Waals surface area contributed by atoms with Gasteiger partial charge in [-0.15, -0.1) is 0 Å². The van der Waals surface area contributed by atoms with Crippen LogP contribution in [0.2, 0.25) is 0 Å². The molecule has 0 aliphatic rings. The van der Waals surface area contributed by atoms with Gasteiger partial charge in [0.1, 0.15) is 19.3 Å². The summed E-state index contributed by atoms with van der Waals surface area (Å²) >= 11 is 0. The zero-order valence-corrected chi connectivity index (χ0v) is 63.4. The highest BCUT2D eigenvalue weighted by Gasteiger charge is 2.30. The summed E-state index contributed by atoms with van der Waals surface area (Å²) in [6.45, 7) is 14.2. The molecule has 19 heteroatoms. The molecule has 0 amide bonds. The maximum Gasteiger partial charge on any atom is 0.472 e. The molecule has 0 aromatic rings. The Morgan fingerprint density at radius 2 is 0.511 bits per heavy atom. The molecule has 0 saturated carbocycles. The fourth-order valence-electron chi connectivity index (χ4n) is 11.3. The van der Waals surface area contributed by atoms with E-state index in [9.17, 15) is 43.2 Å². The van der Waals surface area contributed by atoms with Crippen molar-refractivity contribution < 1.29 is 80.2 Å². The van der Waals surface area contributed by atoms with E-state index in [2.05, 4.69) is 55.4 Å². The second-order valence-electron chi connectivity index (χ2n) is 28.5. The third-order valence-corrected chi connectivity index (χ3v) is 19.9. The summed E-state index contributed by atoms with van der Waals surface area (Å²) in [5.41, 5.74) is 0. The van der Waals surface area contributed by atoms with Gasteiger partial charge in [0.2, 0.25) is 0 Å². The number of ether oxygens (including phenoxy) is 4. The van der Waals surface area contributed by atoms with Crippen molar-refractivity contribution in [2.24, 2.45) is 23.7 Å². The number of aliphatic hydroxyl groups is 1. The number of carbonyl (C=O) groups excluding carboxylic acids is 4. The molecule has 0 aromatic heterocycles. The minimum Gasteiger partial charge on any atom is -0.462 e. The molecule has 0 aliphatic heterocycles. The van der Waals surface area contributed by atoms with Gasteiger partial charge in [0.15, 0.2) is 12.2 Å². The molecule has 0 heterocycles. The van der Waals surface area contributed by atoms with Gasteiger partial charge in [-0.3, -0.25) is 37.3 Å². The van der Waals surface area contributed by atoms with Crippen LogP contribution in [0, 0.1) is 23.7 Å². The summed E-state index contributed by atoms with van der Waals surface area (Å²) in [4.78, 5) is 72.8. The second-order valence-corrected chi connectivity index (χ2v) is 31.4. The molecule has 7 atom stereocenters. The molecule has 0 bridgehead atoms. The number of phosphoric ester groups is 2. The highest BCUT2D eigenvalue weighted by atomic mass is 31.2. The number of esters is 4. The topological polar surface area (TPSA) is 237 Å². The van der Waals surface area contributed by atoms with Crippen LogP contribution in [-0.2, 0) is 65.4 Å². The van der Waals surface area contributed by atoms with Crippen molar-refractivity contribution >= 4 is 39.5 Å². The van der Waals surface area contributed by atoms with Gasteiger partial charge in [-0.25, -0.2) is 9.13 Å². The van der Waals surface area contributed by atoms with Crippen molar-refractivity contribution in [2.75, 3.05) is 39.6 Å². The van der Waals surface area contributed by atoms with Crippen molar-refractivity contribution in [1.82, 2.24) is 0 Å². The zero-order valence-electron chi connectivity index (χ0n) is 61.6.